The molecule has 2 nitrogen and oxygen atoms in total. The van der Waals surface area contributed by atoms with E-state index < -0.39 is 0 Å². The Kier molecular flexibility index (Phi) is 4.05. The molecule has 0 fully saturated rings. The van der Waals surface area contributed by atoms with E-state index in [1.807, 2.05) is 0 Å². The van der Waals surface area contributed by atoms with E-state index in [2.05, 4.69) is 27.5 Å². The maximum atomic E-state index is 5.26. The van der Waals surface area contributed by atoms with Crippen LogP contribution in [-0.4, -0.2) is 13.3 Å². The summed E-state index contributed by atoms with van der Waals surface area (Å²) in [4.78, 5) is 3.75. The van der Waals surface area contributed by atoms with Gasteiger partial charge in [0.1, 0.15) is 0 Å². The van der Waals surface area contributed by atoms with Gasteiger partial charge in [-0.05, 0) is 22.0 Å². The monoisotopic (exact) mass is 188 g/mol. The van der Waals surface area contributed by atoms with Crippen LogP contribution < -0.4 is 5.73 Å². The molecule has 0 spiro atoms. The summed E-state index contributed by atoms with van der Waals surface area (Å²) in [6.45, 7) is 3.49. The Hall–Kier alpha value is -0.570. The van der Waals surface area contributed by atoms with E-state index in [4.69, 9.17) is 5.73 Å². The minimum absolute atomic E-state index is 0.516. The Bertz CT molecular complexity index is 158. The first-order valence-electron chi connectivity index (χ1n) is 2.40. The number of hydrogen-bond donors (Lipinski definition) is 1. The standard InChI is InChI=1S/C6H9BrN2/c1-5(8)3-6(7)4-9-2/h3-4H,1,8H2,2H3/b6-3+,9-4?. The maximum Gasteiger partial charge on any atom is 0.0373 e. The summed E-state index contributed by atoms with van der Waals surface area (Å²) in [5.74, 6) is 0. The lowest BCUT2D eigenvalue weighted by Crippen LogP contribution is -1.89. The number of hydrogen-bond acceptors (Lipinski definition) is 2. The predicted molar refractivity (Wildman–Crippen MR) is 44.8 cm³/mol. The summed E-state index contributed by atoms with van der Waals surface area (Å²) in [5.41, 5.74) is 5.78. The van der Waals surface area contributed by atoms with Gasteiger partial charge in [-0.3, -0.25) is 4.99 Å². The third kappa shape index (κ3) is 5.30. The second kappa shape index (κ2) is 4.32. The van der Waals surface area contributed by atoms with Gasteiger partial charge in [-0.25, -0.2) is 0 Å². The molecule has 0 aliphatic carbocycles. The summed E-state index contributed by atoms with van der Waals surface area (Å²) in [6, 6.07) is 0. The fourth-order valence-electron chi connectivity index (χ4n) is 0.338. The van der Waals surface area contributed by atoms with Crippen molar-refractivity contribution in [3.8, 4) is 0 Å². The van der Waals surface area contributed by atoms with E-state index in [9.17, 15) is 0 Å². The Morgan fingerprint density at radius 3 is 2.67 bits per heavy atom. The highest BCUT2D eigenvalue weighted by Crippen LogP contribution is 2.01. The van der Waals surface area contributed by atoms with Gasteiger partial charge in [-0.15, -0.1) is 0 Å². The number of aliphatic imine (C=N–C) groups is 1. The number of rotatable bonds is 2. The van der Waals surface area contributed by atoms with Crippen molar-refractivity contribution in [3.63, 3.8) is 0 Å². The molecule has 0 aliphatic heterocycles. The highest BCUT2D eigenvalue weighted by molar-refractivity contribution is 9.12. The average Bonchev–Trinajstić information content (AvgIpc) is 1.63. The van der Waals surface area contributed by atoms with Gasteiger partial charge >= 0.3 is 0 Å². The van der Waals surface area contributed by atoms with Crippen LogP contribution in [0.4, 0.5) is 0 Å². The van der Waals surface area contributed by atoms with Crippen molar-refractivity contribution < 1.29 is 0 Å². The zero-order chi connectivity index (χ0) is 7.28. The van der Waals surface area contributed by atoms with Crippen LogP contribution in [0.5, 0.6) is 0 Å². The van der Waals surface area contributed by atoms with E-state index >= 15 is 0 Å². The molecule has 0 aliphatic rings. The van der Waals surface area contributed by atoms with Gasteiger partial charge in [0.15, 0.2) is 0 Å². The summed E-state index contributed by atoms with van der Waals surface area (Å²) in [6.07, 6.45) is 3.34. The number of halogens is 1. The van der Waals surface area contributed by atoms with Crippen molar-refractivity contribution in [2.24, 2.45) is 10.7 Å². The van der Waals surface area contributed by atoms with Gasteiger partial charge in [-0.2, -0.15) is 0 Å². The van der Waals surface area contributed by atoms with E-state index in [1.165, 1.54) is 0 Å². The molecule has 3 heteroatoms. The Balaban J connectivity index is 4.00. The average molecular weight is 189 g/mol. The Morgan fingerprint density at radius 1 is 1.78 bits per heavy atom. The van der Waals surface area contributed by atoms with Gasteiger partial charge < -0.3 is 5.73 Å². The first-order chi connectivity index (χ1) is 4.16. The van der Waals surface area contributed by atoms with Crippen molar-refractivity contribution in [3.05, 3.63) is 22.8 Å². The van der Waals surface area contributed by atoms with Crippen LogP contribution in [0.15, 0.2) is 27.8 Å². The Morgan fingerprint density at radius 2 is 2.33 bits per heavy atom. The van der Waals surface area contributed by atoms with E-state index in [0.29, 0.717) is 5.70 Å². The van der Waals surface area contributed by atoms with Crippen molar-refractivity contribution in [2.75, 3.05) is 7.05 Å². The summed E-state index contributed by atoms with van der Waals surface area (Å²) < 4.78 is 0.831. The van der Waals surface area contributed by atoms with Crippen LogP contribution in [0.1, 0.15) is 0 Å². The molecule has 0 heterocycles. The molecule has 0 bridgehead atoms. The lowest BCUT2D eigenvalue weighted by Gasteiger charge is -1.87. The molecule has 0 aromatic rings. The molecule has 50 valence electrons. The van der Waals surface area contributed by atoms with Crippen molar-refractivity contribution >= 4 is 22.1 Å². The van der Waals surface area contributed by atoms with Crippen molar-refractivity contribution in [1.29, 1.82) is 0 Å². The molecule has 0 saturated carbocycles. The van der Waals surface area contributed by atoms with Crippen LogP contribution in [0.25, 0.3) is 0 Å². The third-order valence-electron chi connectivity index (χ3n) is 0.576. The van der Waals surface area contributed by atoms with Gasteiger partial charge in [0, 0.05) is 23.4 Å². The predicted octanol–water partition coefficient (Wildman–Crippen LogP) is 1.44. The molecule has 2 N–H and O–H groups in total. The largest absolute Gasteiger partial charge is 0.399 e. The smallest absolute Gasteiger partial charge is 0.0373 e. The minimum Gasteiger partial charge on any atom is -0.399 e. The molecule has 0 atom stereocenters. The molecule has 0 amide bonds. The minimum atomic E-state index is 0.516. The van der Waals surface area contributed by atoms with Crippen molar-refractivity contribution in [1.82, 2.24) is 0 Å². The fourth-order valence-corrected chi connectivity index (χ4v) is 0.836. The molecule has 0 aromatic heterocycles. The van der Waals surface area contributed by atoms with Gasteiger partial charge in [0.25, 0.3) is 0 Å². The van der Waals surface area contributed by atoms with Crippen LogP contribution in [0.3, 0.4) is 0 Å². The highest BCUT2D eigenvalue weighted by Gasteiger charge is 1.82. The van der Waals surface area contributed by atoms with Gasteiger partial charge in [0.2, 0.25) is 0 Å². The SMILES string of the molecule is C=C(N)/C=C(/Br)C=NC. The topological polar surface area (TPSA) is 38.4 Å². The van der Waals surface area contributed by atoms with Crippen LogP contribution >= 0.6 is 15.9 Å². The Labute approximate surface area is 63.3 Å². The quantitative estimate of drug-likeness (QED) is 0.518. The zero-order valence-corrected chi connectivity index (χ0v) is 6.85. The molecule has 9 heavy (non-hydrogen) atoms. The second-order valence-corrected chi connectivity index (χ2v) is 2.41. The molecule has 0 aromatic carbocycles. The number of nitrogens with zero attached hydrogens (tertiary/aromatic N) is 1. The lowest BCUT2D eigenvalue weighted by atomic mass is 10.4. The van der Waals surface area contributed by atoms with E-state index in [-0.39, 0.29) is 0 Å². The van der Waals surface area contributed by atoms with Crippen molar-refractivity contribution in [2.45, 2.75) is 0 Å². The van der Waals surface area contributed by atoms with Gasteiger partial charge in [0.05, 0.1) is 0 Å². The lowest BCUT2D eigenvalue weighted by molar-refractivity contribution is 1.44. The first kappa shape index (κ1) is 8.43. The number of nitrogens with two attached hydrogens (primary N) is 1. The molecular formula is C6H9BrN2. The summed E-state index contributed by atoms with van der Waals surface area (Å²) in [5, 5.41) is 0. The van der Waals surface area contributed by atoms with Crippen LogP contribution in [0.2, 0.25) is 0 Å². The maximum absolute atomic E-state index is 5.26. The fraction of sp³-hybridized carbons (Fsp3) is 0.167. The normalized spacial score (nSPS) is 12.4. The molecule has 0 radical (unpaired) electrons. The summed E-state index contributed by atoms with van der Waals surface area (Å²) in [7, 11) is 1.69. The van der Waals surface area contributed by atoms with Crippen LogP contribution in [0, 0.1) is 0 Å². The third-order valence-corrected chi connectivity index (χ3v) is 1.01. The number of allylic oxidation sites excluding steroid dienone is 2. The molecular weight excluding hydrogens is 180 g/mol. The molecule has 0 saturated heterocycles. The van der Waals surface area contributed by atoms with E-state index in [1.54, 1.807) is 19.3 Å². The van der Waals surface area contributed by atoms with E-state index in [0.717, 1.165) is 4.48 Å². The highest BCUT2D eigenvalue weighted by atomic mass is 79.9. The summed E-state index contributed by atoms with van der Waals surface area (Å²) >= 11 is 3.21. The zero-order valence-electron chi connectivity index (χ0n) is 5.26. The van der Waals surface area contributed by atoms with Crippen LogP contribution in [-0.2, 0) is 0 Å². The first-order valence-corrected chi connectivity index (χ1v) is 3.20. The molecule has 0 unspecified atom stereocenters. The molecule has 0 rings (SSSR count). The second-order valence-electron chi connectivity index (χ2n) is 1.49. The van der Waals surface area contributed by atoms with Gasteiger partial charge in [-0.1, -0.05) is 6.58 Å².